The molecule has 0 N–H and O–H groups in total. The summed E-state index contributed by atoms with van der Waals surface area (Å²) in [5.74, 6) is -0.117. The lowest BCUT2D eigenvalue weighted by atomic mass is 10.0. The zero-order valence-corrected chi connectivity index (χ0v) is 10.0. The summed E-state index contributed by atoms with van der Waals surface area (Å²) in [6, 6.07) is 0. The maximum Gasteiger partial charge on any atom is 0.309 e. The molecule has 0 aliphatic carbocycles. The fraction of sp³-hybridized carbons (Fsp3) is 0.800. The fourth-order valence-corrected chi connectivity index (χ4v) is 1.31. The van der Waals surface area contributed by atoms with Crippen molar-refractivity contribution in [1.29, 1.82) is 0 Å². The Morgan fingerprint density at radius 2 is 2.00 bits per heavy atom. The standard InChI is InChI=1S/C10H17ClO4/c1-7(6-11)4-9(15-8(2)12)5-10(13)14-3/h7,9H,4-6H2,1-3H3/t7-,9+/m1/s1. The summed E-state index contributed by atoms with van der Waals surface area (Å²) >= 11 is 5.65. The molecule has 0 unspecified atom stereocenters. The van der Waals surface area contributed by atoms with Gasteiger partial charge in [0.15, 0.2) is 0 Å². The number of rotatable bonds is 6. The first-order valence-electron chi connectivity index (χ1n) is 4.79. The van der Waals surface area contributed by atoms with Crippen molar-refractivity contribution in [3.05, 3.63) is 0 Å². The van der Waals surface area contributed by atoms with E-state index < -0.39 is 12.1 Å². The number of halogens is 1. The first-order valence-corrected chi connectivity index (χ1v) is 5.33. The highest BCUT2D eigenvalue weighted by Gasteiger charge is 2.19. The van der Waals surface area contributed by atoms with E-state index in [1.54, 1.807) is 0 Å². The number of carbonyl (C=O) groups excluding carboxylic acids is 2. The lowest BCUT2D eigenvalue weighted by molar-refractivity contribution is -0.152. The highest BCUT2D eigenvalue weighted by atomic mass is 35.5. The van der Waals surface area contributed by atoms with E-state index in [1.807, 2.05) is 6.92 Å². The molecule has 4 nitrogen and oxygen atoms in total. The Bertz CT molecular complexity index is 217. The predicted octanol–water partition coefficient (Wildman–Crippen LogP) is 1.75. The van der Waals surface area contributed by atoms with Crippen molar-refractivity contribution in [2.24, 2.45) is 5.92 Å². The van der Waals surface area contributed by atoms with Gasteiger partial charge in [0.2, 0.25) is 0 Å². The van der Waals surface area contributed by atoms with E-state index in [9.17, 15) is 9.59 Å². The van der Waals surface area contributed by atoms with Crippen LogP contribution in [0.15, 0.2) is 0 Å². The van der Waals surface area contributed by atoms with Crippen LogP contribution >= 0.6 is 11.6 Å². The molecule has 0 amide bonds. The van der Waals surface area contributed by atoms with Crippen LogP contribution in [0.4, 0.5) is 0 Å². The van der Waals surface area contributed by atoms with Crippen LogP contribution in [0.1, 0.15) is 26.7 Å². The van der Waals surface area contributed by atoms with Gasteiger partial charge in [-0.1, -0.05) is 6.92 Å². The van der Waals surface area contributed by atoms with Crippen LogP contribution in [0.25, 0.3) is 0 Å². The molecule has 0 bridgehead atoms. The number of alkyl halides is 1. The van der Waals surface area contributed by atoms with Crippen molar-refractivity contribution < 1.29 is 19.1 Å². The molecule has 0 aromatic heterocycles. The molecular formula is C10H17ClO4. The van der Waals surface area contributed by atoms with Gasteiger partial charge in [0.25, 0.3) is 0 Å². The molecule has 0 spiro atoms. The second kappa shape index (κ2) is 7.51. The second-order valence-corrected chi connectivity index (χ2v) is 3.82. The smallest absolute Gasteiger partial charge is 0.309 e. The molecule has 0 heterocycles. The fourth-order valence-electron chi connectivity index (χ4n) is 1.19. The van der Waals surface area contributed by atoms with Gasteiger partial charge in [-0.2, -0.15) is 0 Å². The van der Waals surface area contributed by atoms with Crippen molar-refractivity contribution in [2.45, 2.75) is 32.8 Å². The van der Waals surface area contributed by atoms with E-state index in [-0.39, 0.29) is 18.3 Å². The molecule has 0 radical (unpaired) electrons. The van der Waals surface area contributed by atoms with Crippen molar-refractivity contribution in [3.63, 3.8) is 0 Å². The van der Waals surface area contributed by atoms with Crippen LogP contribution in [0.3, 0.4) is 0 Å². The molecule has 2 atom stereocenters. The third kappa shape index (κ3) is 7.19. The van der Waals surface area contributed by atoms with Gasteiger partial charge in [-0.3, -0.25) is 9.59 Å². The summed E-state index contributed by atoms with van der Waals surface area (Å²) in [5, 5.41) is 0. The van der Waals surface area contributed by atoms with Gasteiger partial charge in [0.1, 0.15) is 6.10 Å². The van der Waals surface area contributed by atoms with Gasteiger partial charge >= 0.3 is 11.9 Å². The summed E-state index contributed by atoms with van der Waals surface area (Å²) in [7, 11) is 1.30. The summed E-state index contributed by atoms with van der Waals surface area (Å²) in [6.07, 6.45) is 0.207. The van der Waals surface area contributed by atoms with Crippen molar-refractivity contribution in [1.82, 2.24) is 0 Å². The molecule has 5 heteroatoms. The Morgan fingerprint density at radius 3 is 2.40 bits per heavy atom. The van der Waals surface area contributed by atoms with E-state index in [4.69, 9.17) is 16.3 Å². The van der Waals surface area contributed by atoms with Crippen LogP contribution in [0, 0.1) is 5.92 Å². The Morgan fingerprint density at radius 1 is 1.40 bits per heavy atom. The van der Waals surface area contributed by atoms with Gasteiger partial charge in [0, 0.05) is 12.8 Å². The minimum Gasteiger partial charge on any atom is -0.469 e. The zero-order chi connectivity index (χ0) is 11.8. The van der Waals surface area contributed by atoms with Gasteiger partial charge in [0.05, 0.1) is 13.5 Å². The van der Waals surface area contributed by atoms with E-state index in [1.165, 1.54) is 14.0 Å². The molecule has 0 saturated heterocycles. The zero-order valence-electron chi connectivity index (χ0n) is 9.29. The number of esters is 2. The Labute approximate surface area is 94.9 Å². The van der Waals surface area contributed by atoms with E-state index in [0.29, 0.717) is 12.3 Å². The number of ether oxygens (including phenoxy) is 2. The molecule has 0 saturated carbocycles. The quantitative estimate of drug-likeness (QED) is 0.521. The lowest BCUT2D eigenvalue weighted by Gasteiger charge is -2.18. The molecular weight excluding hydrogens is 220 g/mol. The van der Waals surface area contributed by atoms with Crippen LogP contribution in [0.2, 0.25) is 0 Å². The summed E-state index contributed by atoms with van der Waals surface area (Å²) < 4.78 is 9.51. The summed E-state index contributed by atoms with van der Waals surface area (Å²) in [4.78, 5) is 21.8. The Balaban J connectivity index is 4.17. The third-order valence-electron chi connectivity index (χ3n) is 1.88. The largest absolute Gasteiger partial charge is 0.469 e. The molecule has 0 fully saturated rings. The van der Waals surface area contributed by atoms with Crippen molar-refractivity contribution >= 4 is 23.5 Å². The van der Waals surface area contributed by atoms with Crippen LogP contribution in [0.5, 0.6) is 0 Å². The van der Waals surface area contributed by atoms with Crippen molar-refractivity contribution in [2.75, 3.05) is 13.0 Å². The normalized spacial score (nSPS) is 14.1. The lowest BCUT2D eigenvalue weighted by Crippen LogP contribution is -2.23. The first-order chi connectivity index (χ1) is 6.99. The number of methoxy groups -OCH3 is 1. The highest BCUT2D eigenvalue weighted by molar-refractivity contribution is 6.18. The molecule has 0 rings (SSSR count). The maximum absolute atomic E-state index is 11.0. The Kier molecular flexibility index (Phi) is 7.13. The Hall–Kier alpha value is -0.770. The van der Waals surface area contributed by atoms with Gasteiger partial charge in [-0.15, -0.1) is 11.6 Å². The average molecular weight is 237 g/mol. The van der Waals surface area contributed by atoms with Gasteiger partial charge < -0.3 is 9.47 Å². The predicted molar refractivity (Wildman–Crippen MR) is 56.7 cm³/mol. The molecule has 15 heavy (non-hydrogen) atoms. The first kappa shape index (κ1) is 14.2. The van der Waals surface area contributed by atoms with Crippen molar-refractivity contribution in [3.8, 4) is 0 Å². The van der Waals surface area contributed by atoms with Crippen LogP contribution in [-0.2, 0) is 19.1 Å². The van der Waals surface area contributed by atoms with Crippen LogP contribution in [-0.4, -0.2) is 31.0 Å². The molecule has 0 aromatic rings. The molecule has 0 aromatic carbocycles. The van der Waals surface area contributed by atoms with Crippen LogP contribution < -0.4 is 0 Å². The maximum atomic E-state index is 11.0. The average Bonchev–Trinajstić information content (AvgIpc) is 2.16. The summed E-state index contributed by atoms with van der Waals surface area (Å²) in [6.45, 7) is 3.25. The number of carbonyl (C=O) groups is 2. The number of hydrogen-bond donors (Lipinski definition) is 0. The monoisotopic (exact) mass is 236 g/mol. The SMILES string of the molecule is COC(=O)C[C@H](C[C@@H](C)CCl)OC(C)=O. The van der Waals surface area contributed by atoms with Gasteiger partial charge in [-0.05, 0) is 12.3 Å². The minimum atomic E-state index is -0.441. The summed E-state index contributed by atoms with van der Waals surface area (Å²) in [5.41, 5.74) is 0. The second-order valence-electron chi connectivity index (χ2n) is 3.51. The third-order valence-corrected chi connectivity index (χ3v) is 2.41. The molecule has 88 valence electrons. The minimum absolute atomic E-state index is 0.0807. The van der Waals surface area contributed by atoms with E-state index in [2.05, 4.69) is 4.74 Å². The highest BCUT2D eigenvalue weighted by Crippen LogP contribution is 2.14. The van der Waals surface area contributed by atoms with E-state index in [0.717, 1.165) is 0 Å². The molecule has 0 aliphatic heterocycles. The topological polar surface area (TPSA) is 52.6 Å². The van der Waals surface area contributed by atoms with E-state index >= 15 is 0 Å². The number of hydrogen-bond acceptors (Lipinski definition) is 4. The van der Waals surface area contributed by atoms with Gasteiger partial charge in [-0.25, -0.2) is 0 Å². The molecule has 0 aliphatic rings.